The van der Waals surface area contributed by atoms with Crippen molar-refractivity contribution >= 4 is 19.1 Å². The van der Waals surface area contributed by atoms with E-state index in [0.29, 0.717) is 13.2 Å². The Morgan fingerprint density at radius 1 is 1.29 bits per heavy atom. The number of rotatable bonds is 9. The molecular formula is C21H29N5OSi. The van der Waals surface area contributed by atoms with E-state index in [9.17, 15) is 0 Å². The van der Waals surface area contributed by atoms with Gasteiger partial charge in [-0.05, 0) is 18.5 Å². The molecule has 0 bridgehead atoms. The Labute approximate surface area is 168 Å². The fraction of sp³-hybridized carbons (Fsp3) is 0.476. The van der Waals surface area contributed by atoms with Crippen LogP contribution in [0.4, 0.5) is 0 Å². The van der Waals surface area contributed by atoms with Crippen LogP contribution in [0, 0.1) is 12.3 Å². The molecular weight excluding hydrogens is 366 g/mol. The second kappa shape index (κ2) is 8.72. The summed E-state index contributed by atoms with van der Waals surface area (Å²) in [4.78, 5) is 8.98. The second-order valence-corrected chi connectivity index (χ2v) is 13.9. The average Bonchev–Trinajstić information content (AvgIpc) is 3.30. The van der Waals surface area contributed by atoms with Crippen molar-refractivity contribution < 1.29 is 4.74 Å². The van der Waals surface area contributed by atoms with Gasteiger partial charge in [-0.15, -0.1) is 12.3 Å². The predicted octanol–water partition coefficient (Wildman–Crippen LogP) is 4.58. The number of aromatic nitrogens is 5. The molecule has 0 radical (unpaired) electrons. The van der Waals surface area contributed by atoms with Crippen LogP contribution in [0.1, 0.15) is 25.8 Å². The van der Waals surface area contributed by atoms with Crippen LogP contribution < -0.4 is 0 Å². The van der Waals surface area contributed by atoms with Gasteiger partial charge in [0.1, 0.15) is 18.7 Å². The van der Waals surface area contributed by atoms with E-state index in [0.717, 1.165) is 41.4 Å². The Morgan fingerprint density at radius 2 is 2.11 bits per heavy atom. The van der Waals surface area contributed by atoms with Crippen molar-refractivity contribution in [2.45, 2.75) is 58.2 Å². The third kappa shape index (κ3) is 4.69. The van der Waals surface area contributed by atoms with Gasteiger partial charge in [0.25, 0.3) is 0 Å². The lowest BCUT2D eigenvalue weighted by molar-refractivity contribution is 0.0899. The molecule has 1 unspecified atom stereocenters. The van der Waals surface area contributed by atoms with Crippen LogP contribution in [0.15, 0.2) is 31.0 Å². The van der Waals surface area contributed by atoms with Crippen LogP contribution in [0.25, 0.3) is 22.3 Å². The van der Waals surface area contributed by atoms with E-state index in [1.807, 2.05) is 33.9 Å². The quantitative estimate of drug-likeness (QED) is 0.302. The molecule has 3 aromatic rings. The van der Waals surface area contributed by atoms with Crippen molar-refractivity contribution in [1.82, 2.24) is 24.3 Å². The SMILES string of the molecule is C#CCC(CC)n1cc(-c2ncnc3c2ccn3COCC[Si](C)(C)C)cn1. The number of terminal acetylenes is 1. The van der Waals surface area contributed by atoms with E-state index in [2.05, 4.69) is 47.6 Å². The van der Waals surface area contributed by atoms with Crippen molar-refractivity contribution in [3.05, 3.63) is 31.0 Å². The monoisotopic (exact) mass is 395 g/mol. The van der Waals surface area contributed by atoms with Gasteiger partial charge in [-0.25, -0.2) is 9.97 Å². The molecule has 0 aliphatic rings. The maximum Gasteiger partial charge on any atom is 0.145 e. The molecule has 3 aromatic heterocycles. The molecule has 7 heteroatoms. The van der Waals surface area contributed by atoms with Crippen LogP contribution in [0.5, 0.6) is 0 Å². The Balaban J connectivity index is 1.80. The maximum atomic E-state index is 5.89. The van der Waals surface area contributed by atoms with E-state index < -0.39 is 8.07 Å². The molecule has 0 fully saturated rings. The molecule has 0 aliphatic carbocycles. The Bertz CT molecular complexity index is 963. The number of hydrogen-bond acceptors (Lipinski definition) is 4. The van der Waals surface area contributed by atoms with Crippen molar-refractivity contribution in [3.63, 3.8) is 0 Å². The topological polar surface area (TPSA) is 57.8 Å². The molecule has 3 rings (SSSR count). The van der Waals surface area contributed by atoms with Gasteiger partial charge >= 0.3 is 0 Å². The summed E-state index contributed by atoms with van der Waals surface area (Å²) in [6, 6.07) is 3.41. The first-order valence-corrected chi connectivity index (χ1v) is 13.5. The summed E-state index contributed by atoms with van der Waals surface area (Å²) >= 11 is 0. The van der Waals surface area contributed by atoms with E-state index >= 15 is 0 Å². The molecule has 28 heavy (non-hydrogen) atoms. The first kappa shape index (κ1) is 20.3. The second-order valence-electron chi connectivity index (χ2n) is 8.27. The van der Waals surface area contributed by atoms with E-state index in [1.54, 1.807) is 6.33 Å². The minimum atomic E-state index is -1.08. The Hall–Kier alpha value is -2.43. The number of ether oxygens (including phenoxy) is 1. The van der Waals surface area contributed by atoms with Gasteiger partial charge in [0, 0.05) is 44.4 Å². The lowest BCUT2D eigenvalue weighted by Crippen LogP contribution is -2.22. The summed E-state index contributed by atoms with van der Waals surface area (Å²) in [6.07, 6.45) is 14.6. The number of nitrogens with zero attached hydrogens (tertiary/aromatic N) is 5. The lowest BCUT2D eigenvalue weighted by Gasteiger charge is -2.15. The molecule has 0 aromatic carbocycles. The van der Waals surface area contributed by atoms with Crippen LogP contribution in [0.2, 0.25) is 25.7 Å². The lowest BCUT2D eigenvalue weighted by atomic mass is 10.1. The summed E-state index contributed by atoms with van der Waals surface area (Å²) in [7, 11) is -1.08. The van der Waals surface area contributed by atoms with Gasteiger partial charge in [-0.1, -0.05) is 26.6 Å². The summed E-state index contributed by atoms with van der Waals surface area (Å²) < 4.78 is 9.86. The normalized spacial score (nSPS) is 13.0. The first-order valence-electron chi connectivity index (χ1n) is 9.78. The van der Waals surface area contributed by atoms with E-state index in [-0.39, 0.29) is 6.04 Å². The zero-order chi connectivity index (χ0) is 20.1. The van der Waals surface area contributed by atoms with Crippen LogP contribution in [-0.4, -0.2) is 39.0 Å². The zero-order valence-electron chi connectivity index (χ0n) is 17.2. The fourth-order valence-electron chi connectivity index (χ4n) is 3.10. The summed E-state index contributed by atoms with van der Waals surface area (Å²) in [6.45, 7) is 10.5. The highest BCUT2D eigenvalue weighted by molar-refractivity contribution is 6.76. The molecule has 0 aliphatic heterocycles. The van der Waals surface area contributed by atoms with Crippen LogP contribution >= 0.6 is 0 Å². The maximum absolute atomic E-state index is 5.89. The molecule has 0 N–H and O–H groups in total. The van der Waals surface area contributed by atoms with Gasteiger partial charge in [0.05, 0.1) is 17.9 Å². The third-order valence-electron chi connectivity index (χ3n) is 4.86. The predicted molar refractivity (Wildman–Crippen MR) is 116 cm³/mol. The highest BCUT2D eigenvalue weighted by Gasteiger charge is 2.15. The van der Waals surface area contributed by atoms with Crippen LogP contribution in [-0.2, 0) is 11.5 Å². The highest BCUT2D eigenvalue weighted by atomic mass is 28.3. The number of fused-ring (bicyclic) bond motifs is 1. The first-order chi connectivity index (χ1) is 13.4. The smallest absolute Gasteiger partial charge is 0.145 e. The molecule has 0 spiro atoms. The molecule has 1 atom stereocenters. The van der Waals surface area contributed by atoms with Gasteiger partial charge in [-0.2, -0.15) is 5.10 Å². The summed E-state index contributed by atoms with van der Waals surface area (Å²) in [5.74, 6) is 2.73. The van der Waals surface area contributed by atoms with Gasteiger partial charge in [0.15, 0.2) is 0 Å². The molecule has 0 amide bonds. The highest BCUT2D eigenvalue weighted by Crippen LogP contribution is 2.27. The Kier molecular flexibility index (Phi) is 6.32. The molecule has 0 saturated heterocycles. The molecule has 148 valence electrons. The molecule has 0 saturated carbocycles. The molecule has 6 nitrogen and oxygen atoms in total. The summed E-state index contributed by atoms with van der Waals surface area (Å²) in [5, 5.41) is 5.51. The van der Waals surface area contributed by atoms with Gasteiger partial charge in [-0.3, -0.25) is 4.68 Å². The number of hydrogen-bond donors (Lipinski definition) is 0. The molecule has 3 heterocycles. The third-order valence-corrected chi connectivity index (χ3v) is 6.56. The van der Waals surface area contributed by atoms with E-state index in [4.69, 9.17) is 11.2 Å². The fourth-order valence-corrected chi connectivity index (χ4v) is 3.86. The van der Waals surface area contributed by atoms with Crippen LogP contribution in [0.3, 0.4) is 0 Å². The Morgan fingerprint density at radius 3 is 2.82 bits per heavy atom. The van der Waals surface area contributed by atoms with Crippen molar-refractivity contribution in [2.24, 2.45) is 0 Å². The van der Waals surface area contributed by atoms with Gasteiger partial charge in [0.2, 0.25) is 0 Å². The zero-order valence-corrected chi connectivity index (χ0v) is 18.2. The van der Waals surface area contributed by atoms with E-state index in [1.165, 1.54) is 0 Å². The minimum Gasteiger partial charge on any atom is -0.361 e. The van der Waals surface area contributed by atoms with Crippen molar-refractivity contribution in [1.29, 1.82) is 0 Å². The largest absolute Gasteiger partial charge is 0.361 e. The van der Waals surface area contributed by atoms with Crippen molar-refractivity contribution in [2.75, 3.05) is 6.61 Å². The van der Waals surface area contributed by atoms with Crippen molar-refractivity contribution in [3.8, 4) is 23.6 Å². The average molecular weight is 396 g/mol. The standard InChI is InChI=1S/C21H29N5OSi/c1-6-8-18(7-2)26-14-17(13-24-26)20-19-9-10-25(21(19)23-15-22-20)16-27-11-12-28(3,4)5/h1,9-10,13-15,18H,7-8,11-12,16H2,2-5H3. The summed E-state index contributed by atoms with van der Waals surface area (Å²) in [5.41, 5.74) is 2.73. The van der Waals surface area contributed by atoms with Gasteiger partial charge < -0.3 is 9.30 Å². The minimum absolute atomic E-state index is 0.209.